The van der Waals surface area contributed by atoms with Gasteiger partial charge in [-0.05, 0) is 43.0 Å². The van der Waals surface area contributed by atoms with Gasteiger partial charge in [-0.15, -0.1) is 13.2 Å². The van der Waals surface area contributed by atoms with Crippen molar-refractivity contribution in [1.29, 1.82) is 0 Å². The molecule has 3 heterocycles. The van der Waals surface area contributed by atoms with E-state index in [0.29, 0.717) is 25.4 Å². The lowest BCUT2D eigenvalue weighted by Gasteiger charge is -2.41. The number of nitrogens with one attached hydrogen (secondary N) is 1. The van der Waals surface area contributed by atoms with Crippen molar-refractivity contribution < 1.29 is 31.5 Å². The molecule has 3 fully saturated rings. The van der Waals surface area contributed by atoms with Crippen LogP contribution >= 0.6 is 0 Å². The normalized spacial score (nSPS) is 24.9. The van der Waals surface area contributed by atoms with Crippen LogP contribution in [0.4, 0.5) is 26.7 Å². The Hall–Kier alpha value is -2.85. The molecule has 2 saturated heterocycles. The molecule has 35 heavy (non-hydrogen) atoms. The zero-order chi connectivity index (χ0) is 24.8. The second-order valence-electron chi connectivity index (χ2n) is 9.80. The van der Waals surface area contributed by atoms with Gasteiger partial charge in [-0.2, -0.15) is 5.10 Å². The molecule has 190 valence electrons. The van der Waals surface area contributed by atoms with E-state index in [-0.39, 0.29) is 49.5 Å². The highest BCUT2D eigenvalue weighted by molar-refractivity contribution is 5.75. The predicted octanol–water partition coefficient (Wildman–Crippen LogP) is 5.61. The molecule has 1 aromatic heterocycles. The molecular formula is C24H27F5N4O2. The second-order valence-corrected chi connectivity index (χ2v) is 9.80. The molecular weight excluding hydrogens is 471 g/mol. The maximum absolute atomic E-state index is 13.6. The van der Waals surface area contributed by atoms with Crippen LogP contribution in [0, 0.1) is 0 Å². The molecule has 11 heteroatoms. The molecule has 1 N–H and O–H groups in total. The standard InChI is InChI=1S/C24H27F5N4O2/c25-23(26)7-9-32(10-8-23)22(34)33-13-17(15-3-5-19(6-4-15)35-24(27,28)29)11-18(14-33)21-12-20(30-31-21)16-1-2-16/h3-6,12,16-18H,1-2,7-11,13-14H2,(H,30,31). The molecule has 2 amide bonds. The first-order valence-corrected chi connectivity index (χ1v) is 11.9. The van der Waals surface area contributed by atoms with E-state index < -0.39 is 12.3 Å². The first-order valence-electron chi connectivity index (χ1n) is 11.9. The molecule has 3 aliphatic rings. The number of carbonyl (C=O) groups excluding carboxylic acids is 1. The SMILES string of the molecule is O=C(N1CCC(F)(F)CC1)N1CC(c2ccc(OC(F)(F)F)cc2)CC(c2cc(C3CC3)[nH]n2)C1. The van der Waals surface area contributed by atoms with Gasteiger partial charge in [0.25, 0.3) is 5.92 Å². The van der Waals surface area contributed by atoms with E-state index >= 15 is 0 Å². The topological polar surface area (TPSA) is 61.5 Å². The minimum absolute atomic E-state index is 0.00459. The highest BCUT2D eigenvalue weighted by Gasteiger charge is 2.40. The maximum Gasteiger partial charge on any atom is 0.573 e. The lowest BCUT2D eigenvalue weighted by atomic mass is 9.83. The van der Waals surface area contributed by atoms with Gasteiger partial charge in [0.2, 0.25) is 0 Å². The summed E-state index contributed by atoms with van der Waals surface area (Å²) in [4.78, 5) is 16.4. The summed E-state index contributed by atoms with van der Waals surface area (Å²) < 4.78 is 68.8. The van der Waals surface area contributed by atoms with Crippen molar-refractivity contribution in [2.75, 3.05) is 26.2 Å². The molecule has 2 atom stereocenters. The van der Waals surface area contributed by atoms with E-state index in [1.165, 1.54) is 17.0 Å². The van der Waals surface area contributed by atoms with Crippen LogP contribution < -0.4 is 4.74 Å². The summed E-state index contributed by atoms with van der Waals surface area (Å²) in [5.74, 6) is -2.80. The van der Waals surface area contributed by atoms with Crippen LogP contribution in [0.3, 0.4) is 0 Å². The number of alkyl halides is 5. The number of nitrogens with zero attached hydrogens (tertiary/aromatic N) is 3. The molecule has 0 spiro atoms. The minimum atomic E-state index is -4.77. The minimum Gasteiger partial charge on any atom is -0.406 e. The molecule has 1 aromatic carbocycles. The van der Waals surface area contributed by atoms with Crippen LogP contribution in [0.2, 0.25) is 0 Å². The fourth-order valence-corrected chi connectivity index (χ4v) is 5.04. The zero-order valence-electron chi connectivity index (χ0n) is 19.0. The number of likely N-dealkylation sites (tertiary alicyclic amines) is 2. The molecule has 1 aliphatic carbocycles. The quantitative estimate of drug-likeness (QED) is 0.558. The molecule has 0 bridgehead atoms. The molecule has 1 saturated carbocycles. The van der Waals surface area contributed by atoms with Gasteiger partial charge in [-0.25, -0.2) is 13.6 Å². The van der Waals surface area contributed by atoms with Gasteiger partial charge < -0.3 is 14.5 Å². The molecule has 2 unspecified atom stereocenters. The molecule has 6 nitrogen and oxygen atoms in total. The maximum atomic E-state index is 13.6. The van der Waals surface area contributed by atoms with E-state index in [2.05, 4.69) is 14.9 Å². The molecule has 2 aromatic rings. The number of rotatable bonds is 4. The summed E-state index contributed by atoms with van der Waals surface area (Å²) >= 11 is 0. The Morgan fingerprint density at radius 2 is 1.66 bits per heavy atom. The Labute approximate surface area is 199 Å². The number of H-pyrrole nitrogens is 1. The van der Waals surface area contributed by atoms with Crippen molar-refractivity contribution in [3.05, 3.63) is 47.3 Å². The fraction of sp³-hybridized carbons (Fsp3) is 0.583. The van der Waals surface area contributed by atoms with Crippen LogP contribution in [0.1, 0.15) is 66.8 Å². The summed E-state index contributed by atoms with van der Waals surface area (Å²) in [6.45, 7) is 0.749. The van der Waals surface area contributed by atoms with E-state index in [0.717, 1.165) is 29.8 Å². The van der Waals surface area contributed by atoms with Crippen molar-refractivity contribution >= 4 is 6.03 Å². The van der Waals surface area contributed by atoms with Crippen molar-refractivity contribution in [3.63, 3.8) is 0 Å². The van der Waals surface area contributed by atoms with Crippen molar-refractivity contribution in [2.45, 2.75) is 62.1 Å². The Kier molecular flexibility index (Phi) is 6.13. The number of piperidine rings is 2. The summed E-state index contributed by atoms with van der Waals surface area (Å²) in [5, 5.41) is 7.58. The smallest absolute Gasteiger partial charge is 0.406 e. The van der Waals surface area contributed by atoms with Crippen LogP contribution in [0.15, 0.2) is 30.3 Å². The van der Waals surface area contributed by atoms with Crippen LogP contribution in [0.5, 0.6) is 5.75 Å². The van der Waals surface area contributed by atoms with Crippen molar-refractivity contribution in [1.82, 2.24) is 20.0 Å². The van der Waals surface area contributed by atoms with Crippen LogP contribution in [0.25, 0.3) is 0 Å². The second kappa shape index (κ2) is 8.98. The zero-order valence-corrected chi connectivity index (χ0v) is 19.0. The van der Waals surface area contributed by atoms with E-state index in [9.17, 15) is 26.7 Å². The number of carbonyl (C=O) groups is 1. The summed E-state index contributed by atoms with van der Waals surface area (Å²) in [5.41, 5.74) is 2.70. The van der Waals surface area contributed by atoms with E-state index in [1.807, 2.05) is 6.07 Å². The van der Waals surface area contributed by atoms with Crippen molar-refractivity contribution in [3.8, 4) is 5.75 Å². The average molecular weight is 498 g/mol. The molecule has 5 rings (SSSR count). The van der Waals surface area contributed by atoms with E-state index in [1.54, 1.807) is 17.0 Å². The Balaban J connectivity index is 1.35. The third-order valence-electron chi connectivity index (χ3n) is 7.12. The number of hydrogen-bond donors (Lipinski definition) is 1. The van der Waals surface area contributed by atoms with Gasteiger partial charge in [0.1, 0.15) is 5.75 Å². The van der Waals surface area contributed by atoms with Crippen LogP contribution in [-0.2, 0) is 0 Å². The predicted molar refractivity (Wildman–Crippen MR) is 117 cm³/mol. The van der Waals surface area contributed by atoms with Gasteiger partial charge in [-0.3, -0.25) is 5.10 Å². The number of hydrogen-bond acceptors (Lipinski definition) is 3. The largest absolute Gasteiger partial charge is 0.573 e. The number of urea groups is 1. The Morgan fingerprint density at radius 1 is 1.00 bits per heavy atom. The molecule has 0 radical (unpaired) electrons. The van der Waals surface area contributed by atoms with Gasteiger partial charge in [0, 0.05) is 62.5 Å². The summed E-state index contributed by atoms with van der Waals surface area (Å²) in [6, 6.07) is 7.45. The lowest BCUT2D eigenvalue weighted by molar-refractivity contribution is -0.274. The Morgan fingerprint density at radius 3 is 2.29 bits per heavy atom. The monoisotopic (exact) mass is 498 g/mol. The number of benzene rings is 1. The fourth-order valence-electron chi connectivity index (χ4n) is 5.04. The lowest BCUT2D eigenvalue weighted by Crippen LogP contribution is -2.52. The van der Waals surface area contributed by atoms with E-state index in [4.69, 9.17) is 0 Å². The first-order chi connectivity index (χ1) is 16.6. The van der Waals surface area contributed by atoms with Crippen molar-refractivity contribution in [2.24, 2.45) is 0 Å². The van der Waals surface area contributed by atoms with Gasteiger partial charge in [0.05, 0.1) is 5.69 Å². The number of halogens is 5. The summed E-state index contributed by atoms with van der Waals surface area (Å²) in [6.07, 6.45) is -2.59. The first kappa shape index (κ1) is 23.9. The average Bonchev–Trinajstić information content (AvgIpc) is 3.54. The Bertz CT molecular complexity index is 1040. The van der Waals surface area contributed by atoms with Gasteiger partial charge in [0.15, 0.2) is 0 Å². The number of aromatic amines is 1. The molecule has 2 aliphatic heterocycles. The third-order valence-corrected chi connectivity index (χ3v) is 7.12. The highest BCUT2D eigenvalue weighted by atomic mass is 19.4. The number of amides is 2. The number of ether oxygens (including phenoxy) is 1. The number of aromatic nitrogens is 2. The summed E-state index contributed by atoms with van der Waals surface area (Å²) in [7, 11) is 0. The van der Waals surface area contributed by atoms with Gasteiger partial charge in [-0.1, -0.05) is 12.1 Å². The highest BCUT2D eigenvalue weighted by Crippen LogP contribution is 2.42. The van der Waals surface area contributed by atoms with Gasteiger partial charge >= 0.3 is 12.4 Å². The van der Waals surface area contributed by atoms with Crippen LogP contribution in [-0.4, -0.2) is 64.5 Å². The third kappa shape index (κ3) is 5.70.